The quantitative estimate of drug-likeness (QED) is 0.753. The van der Waals surface area contributed by atoms with Gasteiger partial charge in [-0.05, 0) is 12.8 Å². The summed E-state index contributed by atoms with van der Waals surface area (Å²) >= 11 is 1.04. The second kappa shape index (κ2) is 5.56. The zero-order valence-corrected chi connectivity index (χ0v) is 11.2. The minimum atomic E-state index is -0.897. The highest BCUT2D eigenvalue weighted by atomic mass is 32.1. The minimum absolute atomic E-state index is 0.0106. The monoisotopic (exact) mass is 284 g/mol. The first-order valence-electron chi connectivity index (χ1n) is 6.19. The van der Waals surface area contributed by atoms with E-state index < -0.39 is 11.4 Å². The first kappa shape index (κ1) is 13.8. The highest BCUT2D eigenvalue weighted by molar-refractivity contribution is 7.07. The van der Waals surface area contributed by atoms with E-state index in [4.69, 9.17) is 0 Å². The van der Waals surface area contributed by atoms with E-state index in [2.05, 4.69) is 10.3 Å². The molecule has 0 aliphatic heterocycles. The number of carboxylic acid groups (broad SMARTS) is 1. The van der Waals surface area contributed by atoms with Crippen molar-refractivity contribution < 1.29 is 14.7 Å². The third-order valence-electron chi connectivity index (χ3n) is 3.56. The molecular formula is C12H16N2O4S. The van der Waals surface area contributed by atoms with Crippen LogP contribution >= 0.6 is 11.3 Å². The average Bonchev–Trinajstić information content (AvgIpc) is 2.97. The molecule has 1 aliphatic rings. The Morgan fingerprint density at radius 1 is 1.42 bits per heavy atom. The number of carbonyl (C=O) groups is 2. The summed E-state index contributed by atoms with van der Waals surface area (Å²) in [7, 11) is 0. The highest BCUT2D eigenvalue weighted by Gasteiger charge is 2.42. The molecule has 0 atom stereocenters. The van der Waals surface area contributed by atoms with Gasteiger partial charge in [-0.25, -0.2) is 0 Å². The number of aromatic nitrogens is 1. The van der Waals surface area contributed by atoms with Crippen LogP contribution in [0.1, 0.15) is 37.8 Å². The molecule has 104 valence electrons. The lowest BCUT2D eigenvalue weighted by molar-refractivity contribution is -0.151. The van der Waals surface area contributed by atoms with E-state index in [-0.39, 0.29) is 23.7 Å². The van der Waals surface area contributed by atoms with Crippen molar-refractivity contribution in [3.8, 4) is 0 Å². The van der Waals surface area contributed by atoms with Crippen LogP contribution in [-0.2, 0) is 16.1 Å². The van der Waals surface area contributed by atoms with Crippen molar-refractivity contribution in [3.05, 3.63) is 20.7 Å². The number of rotatable bonds is 5. The van der Waals surface area contributed by atoms with E-state index >= 15 is 0 Å². The lowest BCUT2D eigenvalue weighted by atomic mass is 9.82. The predicted octanol–water partition coefficient (Wildman–Crippen LogP) is 1.09. The molecule has 1 heterocycles. The summed E-state index contributed by atoms with van der Waals surface area (Å²) in [4.78, 5) is 36.5. The van der Waals surface area contributed by atoms with Crippen molar-refractivity contribution >= 4 is 23.2 Å². The number of H-pyrrole nitrogens is 1. The van der Waals surface area contributed by atoms with E-state index in [1.807, 2.05) is 0 Å². The van der Waals surface area contributed by atoms with E-state index in [0.717, 1.165) is 24.2 Å². The Kier molecular flexibility index (Phi) is 4.04. The second-order valence-corrected chi connectivity index (χ2v) is 5.76. The largest absolute Gasteiger partial charge is 0.481 e. The van der Waals surface area contributed by atoms with Gasteiger partial charge < -0.3 is 15.4 Å². The summed E-state index contributed by atoms with van der Waals surface area (Å²) in [5, 5.41) is 13.6. The Hall–Kier alpha value is -1.63. The second-order valence-electron chi connectivity index (χ2n) is 4.92. The van der Waals surface area contributed by atoms with Crippen molar-refractivity contribution in [1.29, 1.82) is 0 Å². The fraction of sp³-hybridized carbons (Fsp3) is 0.583. The van der Waals surface area contributed by atoms with Crippen LogP contribution < -0.4 is 10.2 Å². The summed E-state index contributed by atoms with van der Waals surface area (Å²) < 4.78 is 0. The predicted molar refractivity (Wildman–Crippen MR) is 69.9 cm³/mol. The molecule has 0 bridgehead atoms. The fourth-order valence-corrected chi connectivity index (χ4v) is 3.06. The summed E-state index contributed by atoms with van der Waals surface area (Å²) in [6.45, 7) is 0.229. The first-order valence-corrected chi connectivity index (χ1v) is 7.07. The standard InChI is InChI=1S/C12H16N2O4S/c15-9(13-6-8-7-19-11(18)14-8)5-12(10(16)17)3-1-2-4-12/h7H,1-6H2,(H,13,15)(H,14,18)(H,16,17). The number of nitrogens with one attached hydrogen (secondary N) is 2. The number of hydrogen-bond donors (Lipinski definition) is 3. The van der Waals surface area contributed by atoms with E-state index in [1.54, 1.807) is 5.38 Å². The van der Waals surface area contributed by atoms with E-state index in [0.29, 0.717) is 18.5 Å². The molecule has 1 aliphatic carbocycles. The Balaban J connectivity index is 1.90. The first-order chi connectivity index (χ1) is 9.02. The third-order valence-corrected chi connectivity index (χ3v) is 4.28. The molecule has 1 fully saturated rings. The average molecular weight is 284 g/mol. The van der Waals surface area contributed by atoms with Crippen molar-refractivity contribution in [2.45, 2.75) is 38.6 Å². The van der Waals surface area contributed by atoms with Crippen molar-refractivity contribution in [2.24, 2.45) is 5.41 Å². The molecule has 2 rings (SSSR count). The van der Waals surface area contributed by atoms with Crippen LogP contribution in [0, 0.1) is 5.41 Å². The zero-order chi connectivity index (χ0) is 13.9. The third kappa shape index (κ3) is 3.23. The number of thiazole rings is 1. The highest BCUT2D eigenvalue weighted by Crippen LogP contribution is 2.41. The van der Waals surface area contributed by atoms with Gasteiger partial charge in [0.1, 0.15) is 0 Å². The Labute approximate surface area is 113 Å². The van der Waals surface area contributed by atoms with Crippen LogP contribution in [-0.4, -0.2) is 22.0 Å². The van der Waals surface area contributed by atoms with Gasteiger partial charge >= 0.3 is 10.8 Å². The minimum Gasteiger partial charge on any atom is -0.481 e. The molecule has 7 heteroatoms. The molecule has 0 spiro atoms. The lowest BCUT2D eigenvalue weighted by Gasteiger charge is -2.22. The summed E-state index contributed by atoms with van der Waals surface area (Å²) in [5.74, 6) is -1.17. The van der Waals surface area contributed by atoms with Crippen molar-refractivity contribution in [3.63, 3.8) is 0 Å². The topological polar surface area (TPSA) is 99.3 Å². The van der Waals surface area contributed by atoms with E-state index in [1.165, 1.54) is 0 Å². The molecular weight excluding hydrogens is 268 g/mol. The molecule has 1 aromatic rings. The van der Waals surface area contributed by atoms with Gasteiger partial charge in [0.15, 0.2) is 0 Å². The van der Waals surface area contributed by atoms with Gasteiger partial charge in [-0.1, -0.05) is 24.2 Å². The summed E-state index contributed by atoms with van der Waals surface area (Å²) in [5.41, 5.74) is -0.259. The summed E-state index contributed by atoms with van der Waals surface area (Å²) in [6, 6.07) is 0. The Bertz CT molecular complexity index is 528. The normalized spacial score (nSPS) is 17.3. The Morgan fingerprint density at radius 2 is 2.11 bits per heavy atom. The molecule has 6 nitrogen and oxygen atoms in total. The van der Waals surface area contributed by atoms with Crippen molar-refractivity contribution in [2.75, 3.05) is 0 Å². The smallest absolute Gasteiger partial charge is 0.310 e. The lowest BCUT2D eigenvalue weighted by Crippen LogP contribution is -2.35. The van der Waals surface area contributed by atoms with Crippen LogP contribution in [0.2, 0.25) is 0 Å². The fourth-order valence-electron chi connectivity index (χ4n) is 2.48. The number of hydrogen-bond acceptors (Lipinski definition) is 4. The van der Waals surface area contributed by atoms with Crippen LogP contribution in [0.25, 0.3) is 0 Å². The molecule has 19 heavy (non-hydrogen) atoms. The van der Waals surface area contributed by atoms with Crippen LogP contribution in [0.15, 0.2) is 10.2 Å². The molecule has 0 saturated heterocycles. The molecule has 0 aromatic carbocycles. The van der Waals surface area contributed by atoms with Crippen molar-refractivity contribution in [1.82, 2.24) is 10.3 Å². The van der Waals surface area contributed by atoms with E-state index in [9.17, 15) is 19.5 Å². The van der Waals surface area contributed by atoms with Gasteiger partial charge in [-0.15, -0.1) is 0 Å². The number of aromatic amines is 1. The van der Waals surface area contributed by atoms with Gasteiger partial charge in [0, 0.05) is 17.5 Å². The van der Waals surface area contributed by atoms with Gasteiger partial charge in [0.05, 0.1) is 12.0 Å². The summed E-state index contributed by atoms with van der Waals surface area (Å²) in [6.07, 6.45) is 2.85. The maximum absolute atomic E-state index is 11.8. The molecule has 3 N–H and O–H groups in total. The number of carboxylic acids is 1. The maximum atomic E-state index is 11.8. The maximum Gasteiger partial charge on any atom is 0.310 e. The van der Waals surface area contributed by atoms with Gasteiger partial charge in [-0.3, -0.25) is 14.4 Å². The van der Waals surface area contributed by atoms with Crippen LogP contribution in [0.5, 0.6) is 0 Å². The number of aliphatic carboxylic acids is 1. The van der Waals surface area contributed by atoms with Gasteiger partial charge in [-0.2, -0.15) is 0 Å². The van der Waals surface area contributed by atoms with Crippen LogP contribution in [0.4, 0.5) is 0 Å². The number of amides is 1. The van der Waals surface area contributed by atoms with Gasteiger partial charge in [0.2, 0.25) is 5.91 Å². The molecule has 1 saturated carbocycles. The molecule has 0 unspecified atom stereocenters. The van der Waals surface area contributed by atoms with Crippen LogP contribution in [0.3, 0.4) is 0 Å². The number of carbonyl (C=O) groups excluding carboxylic acids is 1. The zero-order valence-electron chi connectivity index (χ0n) is 10.4. The molecule has 1 aromatic heterocycles. The molecule has 0 radical (unpaired) electrons. The Morgan fingerprint density at radius 3 is 2.63 bits per heavy atom. The molecule has 1 amide bonds. The van der Waals surface area contributed by atoms with Gasteiger partial charge in [0.25, 0.3) is 0 Å². The SMILES string of the molecule is O=C(CC1(C(=O)O)CCCC1)NCc1csc(=O)[nH]1.